The molecule has 2 N–H and O–H groups in total. The minimum absolute atomic E-state index is 0.0563. The van der Waals surface area contributed by atoms with Crippen molar-refractivity contribution in [3.05, 3.63) is 18.2 Å². The zero-order valence-corrected chi connectivity index (χ0v) is 14.7. The monoisotopic (exact) mass is 375 g/mol. The van der Waals surface area contributed by atoms with Gasteiger partial charge in [-0.2, -0.15) is 13.2 Å². The molecule has 1 aliphatic rings. The number of rotatable bonds is 6. The van der Waals surface area contributed by atoms with E-state index in [2.05, 4.69) is 15.6 Å². The molecule has 0 aromatic carbocycles. The number of nitrogens with one attached hydrogen (secondary N) is 2. The van der Waals surface area contributed by atoms with Gasteiger partial charge in [0.2, 0.25) is 5.91 Å². The molecule has 10 heteroatoms. The zero-order chi connectivity index (χ0) is 19.2. The predicted octanol–water partition coefficient (Wildman–Crippen LogP) is 2.04. The molecule has 0 unspecified atom stereocenters. The molecule has 0 saturated heterocycles. The topological polar surface area (TPSA) is 79.3 Å². The summed E-state index contributed by atoms with van der Waals surface area (Å²) in [6, 6.07) is -0.446. The highest BCUT2D eigenvalue weighted by molar-refractivity contribution is 5.95. The first-order valence-corrected chi connectivity index (χ1v) is 8.58. The number of hydrogen-bond donors (Lipinski definition) is 2. The summed E-state index contributed by atoms with van der Waals surface area (Å²) in [5.41, 5.74) is 0. The lowest BCUT2D eigenvalue weighted by Gasteiger charge is -2.23. The number of aromatic nitrogens is 2. The van der Waals surface area contributed by atoms with Gasteiger partial charge in [0.15, 0.2) is 0 Å². The van der Waals surface area contributed by atoms with Crippen molar-refractivity contribution in [2.75, 3.05) is 13.6 Å². The van der Waals surface area contributed by atoms with E-state index < -0.39 is 24.7 Å². The number of nitrogens with zero attached hydrogens (tertiary/aromatic N) is 3. The van der Waals surface area contributed by atoms with Crippen LogP contribution in [0.15, 0.2) is 12.4 Å². The number of imidazole rings is 1. The second-order valence-electron chi connectivity index (χ2n) is 6.62. The third-order valence-corrected chi connectivity index (χ3v) is 4.17. The summed E-state index contributed by atoms with van der Waals surface area (Å²) >= 11 is 0. The molecular formula is C16H24F3N5O2. The van der Waals surface area contributed by atoms with Crippen LogP contribution in [0.4, 0.5) is 18.0 Å². The van der Waals surface area contributed by atoms with Crippen molar-refractivity contribution in [1.82, 2.24) is 25.1 Å². The summed E-state index contributed by atoms with van der Waals surface area (Å²) < 4.78 is 38.5. The molecule has 26 heavy (non-hydrogen) atoms. The summed E-state index contributed by atoms with van der Waals surface area (Å²) in [4.78, 5) is 29.1. The number of urea groups is 1. The standard InChI is InChI=1S/C16H24F3N5O2/c1-23(9-13-20-7-8-24(13)11-16(17,18)19)10-14(25)22-15(26)21-12-5-3-2-4-6-12/h7-8,12H,2-6,9-11H2,1H3,(H2,21,22,25,26). The average Bonchev–Trinajstić information content (AvgIpc) is 2.92. The van der Waals surface area contributed by atoms with Crippen molar-refractivity contribution in [3.8, 4) is 0 Å². The molecule has 2 rings (SSSR count). The maximum Gasteiger partial charge on any atom is 0.406 e. The van der Waals surface area contributed by atoms with Gasteiger partial charge in [-0.25, -0.2) is 9.78 Å². The maximum absolute atomic E-state index is 12.5. The molecular weight excluding hydrogens is 351 g/mol. The Morgan fingerprint density at radius 3 is 2.65 bits per heavy atom. The number of halogens is 3. The number of amides is 3. The van der Waals surface area contributed by atoms with Crippen LogP contribution in [0.2, 0.25) is 0 Å². The van der Waals surface area contributed by atoms with Crippen molar-refractivity contribution >= 4 is 11.9 Å². The molecule has 1 heterocycles. The summed E-state index contributed by atoms with van der Waals surface area (Å²) in [7, 11) is 1.57. The lowest BCUT2D eigenvalue weighted by atomic mass is 9.96. The largest absolute Gasteiger partial charge is 0.406 e. The molecule has 0 atom stereocenters. The van der Waals surface area contributed by atoms with Crippen LogP contribution < -0.4 is 10.6 Å². The molecule has 1 saturated carbocycles. The van der Waals surface area contributed by atoms with E-state index in [0.29, 0.717) is 0 Å². The van der Waals surface area contributed by atoms with E-state index in [1.54, 1.807) is 7.05 Å². The fourth-order valence-electron chi connectivity index (χ4n) is 3.01. The van der Waals surface area contributed by atoms with Gasteiger partial charge in [0.05, 0.1) is 13.1 Å². The Labute approximate surface area is 149 Å². The smallest absolute Gasteiger partial charge is 0.335 e. The van der Waals surface area contributed by atoms with Crippen LogP contribution in [0.1, 0.15) is 37.9 Å². The first-order valence-electron chi connectivity index (χ1n) is 8.58. The Kier molecular flexibility index (Phi) is 7.01. The molecule has 1 fully saturated rings. The Bertz CT molecular complexity index is 611. The number of alkyl halides is 3. The summed E-state index contributed by atoms with van der Waals surface area (Å²) in [5, 5.41) is 5.03. The maximum atomic E-state index is 12.5. The predicted molar refractivity (Wildman–Crippen MR) is 88.2 cm³/mol. The number of carbonyl (C=O) groups excluding carboxylic acids is 2. The van der Waals surface area contributed by atoms with Crippen LogP contribution in [0, 0.1) is 0 Å². The van der Waals surface area contributed by atoms with Crippen molar-refractivity contribution < 1.29 is 22.8 Å². The van der Waals surface area contributed by atoms with Gasteiger partial charge in [0.1, 0.15) is 12.4 Å². The van der Waals surface area contributed by atoms with Crippen LogP contribution in [0.25, 0.3) is 0 Å². The molecule has 3 amide bonds. The number of hydrogen-bond acceptors (Lipinski definition) is 4. The Morgan fingerprint density at radius 1 is 1.31 bits per heavy atom. The van der Waals surface area contributed by atoms with Gasteiger partial charge in [-0.1, -0.05) is 19.3 Å². The Hall–Kier alpha value is -2.10. The van der Waals surface area contributed by atoms with Crippen LogP contribution in [-0.4, -0.2) is 52.2 Å². The van der Waals surface area contributed by atoms with Gasteiger partial charge in [-0.3, -0.25) is 15.0 Å². The first-order chi connectivity index (χ1) is 12.2. The van der Waals surface area contributed by atoms with Crippen molar-refractivity contribution in [2.45, 2.75) is 57.4 Å². The minimum atomic E-state index is -4.34. The summed E-state index contributed by atoms with van der Waals surface area (Å²) in [6.45, 7) is -1.20. The fraction of sp³-hybridized carbons (Fsp3) is 0.688. The normalized spacial score (nSPS) is 15.9. The van der Waals surface area contributed by atoms with Gasteiger partial charge in [-0.05, 0) is 19.9 Å². The second-order valence-corrected chi connectivity index (χ2v) is 6.62. The second kappa shape index (κ2) is 9.02. The minimum Gasteiger partial charge on any atom is -0.335 e. The lowest BCUT2D eigenvalue weighted by Crippen LogP contribution is -2.47. The molecule has 0 bridgehead atoms. The van der Waals surface area contributed by atoms with Crippen LogP contribution in [0.5, 0.6) is 0 Å². The van der Waals surface area contributed by atoms with Crippen LogP contribution >= 0.6 is 0 Å². The molecule has 1 aliphatic carbocycles. The quantitative estimate of drug-likeness (QED) is 0.798. The highest BCUT2D eigenvalue weighted by Crippen LogP contribution is 2.19. The molecule has 7 nitrogen and oxygen atoms in total. The van der Waals surface area contributed by atoms with E-state index >= 15 is 0 Å². The van der Waals surface area contributed by atoms with Crippen molar-refractivity contribution in [2.24, 2.45) is 0 Å². The molecule has 0 aliphatic heterocycles. The van der Waals surface area contributed by atoms with Gasteiger partial charge in [-0.15, -0.1) is 0 Å². The van der Waals surface area contributed by atoms with E-state index in [1.165, 1.54) is 17.3 Å². The third-order valence-electron chi connectivity index (χ3n) is 4.17. The van der Waals surface area contributed by atoms with Gasteiger partial charge in [0, 0.05) is 18.4 Å². The molecule has 146 valence electrons. The van der Waals surface area contributed by atoms with E-state index in [0.717, 1.165) is 36.7 Å². The van der Waals surface area contributed by atoms with E-state index in [9.17, 15) is 22.8 Å². The third kappa shape index (κ3) is 7.03. The lowest BCUT2D eigenvalue weighted by molar-refractivity contribution is -0.141. The Morgan fingerprint density at radius 2 is 2.00 bits per heavy atom. The van der Waals surface area contributed by atoms with Gasteiger partial charge >= 0.3 is 12.2 Å². The van der Waals surface area contributed by atoms with Crippen molar-refractivity contribution in [1.29, 1.82) is 0 Å². The summed E-state index contributed by atoms with van der Waals surface area (Å²) in [5.74, 6) is -0.320. The zero-order valence-electron chi connectivity index (χ0n) is 14.7. The molecule has 1 aromatic heterocycles. The fourth-order valence-corrected chi connectivity index (χ4v) is 3.01. The number of imide groups is 1. The number of carbonyl (C=O) groups is 2. The first kappa shape index (κ1) is 20.2. The Balaban J connectivity index is 1.76. The van der Waals surface area contributed by atoms with E-state index in [-0.39, 0.29) is 25.0 Å². The average molecular weight is 375 g/mol. The SMILES string of the molecule is CN(CC(=O)NC(=O)NC1CCCCC1)Cc1nccn1CC(F)(F)F. The van der Waals surface area contributed by atoms with Crippen LogP contribution in [0.3, 0.4) is 0 Å². The van der Waals surface area contributed by atoms with Gasteiger partial charge < -0.3 is 9.88 Å². The van der Waals surface area contributed by atoms with Gasteiger partial charge in [0.25, 0.3) is 0 Å². The summed E-state index contributed by atoms with van der Waals surface area (Å²) in [6.07, 6.45) is 3.28. The van der Waals surface area contributed by atoms with E-state index in [4.69, 9.17) is 0 Å². The molecule has 1 aromatic rings. The highest BCUT2D eigenvalue weighted by atomic mass is 19.4. The molecule has 0 spiro atoms. The van der Waals surface area contributed by atoms with Crippen molar-refractivity contribution in [3.63, 3.8) is 0 Å². The van der Waals surface area contributed by atoms with Crippen LogP contribution in [-0.2, 0) is 17.9 Å². The highest BCUT2D eigenvalue weighted by Gasteiger charge is 2.29. The number of likely N-dealkylation sites (N-methyl/N-ethyl adjacent to an activating group) is 1. The van der Waals surface area contributed by atoms with E-state index in [1.807, 2.05) is 0 Å². The molecule has 0 radical (unpaired) electrons.